The molecule has 4 nitrogen and oxygen atoms in total. The Morgan fingerprint density at radius 1 is 1.53 bits per heavy atom. The number of ether oxygens (including phenoxy) is 1. The molecule has 5 heteroatoms. The second-order valence-electron chi connectivity index (χ2n) is 4.06. The Kier molecular flexibility index (Phi) is 3.58. The first kappa shape index (κ1) is 11.9. The normalized spacial score (nSPS) is 19.9. The van der Waals surface area contributed by atoms with Crippen LogP contribution in [0.5, 0.6) is 5.75 Å². The minimum atomic E-state index is -0.804. The number of amides is 1. The third kappa shape index (κ3) is 2.74. The summed E-state index contributed by atoms with van der Waals surface area (Å²) in [6.45, 7) is 1.67. The zero-order valence-corrected chi connectivity index (χ0v) is 9.41. The van der Waals surface area contributed by atoms with Crippen LogP contribution in [-0.4, -0.2) is 25.1 Å². The lowest BCUT2D eigenvalue weighted by molar-refractivity contribution is 0.0985. The highest BCUT2D eigenvalue weighted by Gasteiger charge is 2.20. The molecule has 92 valence electrons. The number of hydrogen-bond acceptors (Lipinski definition) is 3. The molecule has 2 rings (SSSR count). The molecule has 1 aliphatic rings. The van der Waals surface area contributed by atoms with Crippen LogP contribution in [0.4, 0.5) is 4.39 Å². The summed E-state index contributed by atoms with van der Waals surface area (Å²) in [6, 6.07) is 4.28. The van der Waals surface area contributed by atoms with Crippen molar-refractivity contribution in [2.75, 3.05) is 13.1 Å². The molecule has 0 aliphatic carbocycles. The number of rotatable bonds is 3. The van der Waals surface area contributed by atoms with E-state index in [0.717, 1.165) is 19.4 Å². The Labute approximate surface area is 98.9 Å². The van der Waals surface area contributed by atoms with Gasteiger partial charge in [-0.15, -0.1) is 0 Å². The molecule has 0 saturated carbocycles. The first-order valence-corrected chi connectivity index (χ1v) is 5.64. The standard InChI is InChI=1S/C12H15FN2O2/c13-9-4-1-5-10(11(9)12(14)16)17-8-3-2-6-15-7-8/h1,4-5,8,15H,2-3,6-7H2,(H2,14,16)/t8-/m0/s1. The number of piperidine rings is 1. The Morgan fingerprint density at radius 3 is 3.00 bits per heavy atom. The van der Waals surface area contributed by atoms with E-state index in [2.05, 4.69) is 5.32 Å². The van der Waals surface area contributed by atoms with Crippen LogP contribution in [0.3, 0.4) is 0 Å². The highest BCUT2D eigenvalue weighted by Crippen LogP contribution is 2.23. The number of hydrogen-bond donors (Lipinski definition) is 2. The maximum atomic E-state index is 13.5. The van der Waals surface area contributed by atoms with Crippen LogP contribution < -0.4 is 15.8 Å². The topological polar surface area (TPSA) is 64.4 Å². The molecule has 1 fully saturated rings. The van der Waals surface area contributed by atoms with E-state index in [1.54, 1.807) is 6.07 Å². The van der Waals surface area contributed by atoms with Crippen LogP contribution >= 0.6 is 0 Å². The maximum absolute atomic E-state index is 13.5. The first-order valence-electron chi connectivity index (χ1n) is 5.64. The van der Waals surface area contributed by atoms with Gasteiger partial charge >= 0.3 is 0 Å². The number of benzene rings is 1. The predicted molar refractivity (Wildman–Crippen MR) is 61.4 cm³/mol. The van der Waals surface area contributed by atoms with E-state index in [9.17, 15) is 9.18 Å². The van der Waals surface area contributed by atoms with Crippen molar-refractivity contribution in [1.82, 2.24) is 5.32 Å². The van der Waals surface area contributed by atoms with E-state index in [0.29, 0.717) is 6.54 Å². The average Bonchev–Trinajstić information content (AvgIpc) is 2.30. The highest BCUT2D eigenvalue weighted by molar-refractivity contribution is 5.95. The number of carbonyl (C=O) groups is 1. The summed E-state index contributed by atoms with van der Waals surface area (Å²) < 4.78 is 19.1. The average molecular weight is 238 g/mol. The fraction of sp³-hybridized carbons (Fsp3) is 0.417. The summed E-state index contributed by atoms with van der Waals surface area (Å²) in [6.07, 6.45) is 1.86. The second-order valence-corrected chi connectivity index (χ2v) is 4.06. The molecule has 17 heavy (non-hydrogen) atoms. The zero-order chi connectivity index (χ0) is 12.3. The van der Waals surface area contributed by atoms with Crippen LogP contribution in [0.25, 0.3) is 0 Å². The van der Waals surface area contributed by atoms with E-state index >= 15 is 0 Å². The van der Waals surface area contributed by atoms with Crippen LogP contribution in [0.2, 0.25) is 0 Å². The Morgan fingerprint density at radius 2 is 2.35 bits per heavy atom. The first-order chi connectivity index (χ1) is 8.18. The fourth-order valence-corrected chi connectivity index (χ4v) is 1.94. The van der Waals surface area contributed by atoms with Gasteiger partial charge in [0.05, 0.1) is 0 Å². The fourth-order valence-electron chi connectivity index (χ4n) is 1.94. The van der Waals surface area contributed by atoms with Crippen molar-refractivity contribution in [1.29, 1.82) is 0 Å². The molecule has 1 saturated heterocycles. The van der Waals surface area contributed by atoms with Gasteiger partial charge in [-0.1, -0.05) is 6.07 Å². The zero-order valence-electron chi connectivity index (χ0n) is 9.41. The number of halogens is 1. The summed E-state index contributed by atoms with van der Waals surface area (Å²) in [5, 5.41) is 3.18. The molecule has 0 unspecified atom stereocenters. The van der Waals surface area contributed by atoms with Gasteiger partial charge in [0.15, 0.2) is 0 Å². The van der Waals surface area contributed by atoms with Crippen molar-refractivity contribution in [3.63, 3.8) is 0 Å². The lowest BCUT2D eigenvalue weighted by atomic mass is 10.1. The molecule has 0 bridgehead atoms. The molecule has 0 aromatic heterocycles. The molecular formula is C12H15FN2O2. The summed E-state index contributed by atoms with van der Waals surface area (Å²) in [5.41, 5.74) is 4.98. The highest BCUT2D eigenvalue weighted by atomic mass is 19.1. The van der Waals surface area contributed by atoms with Crippen molar-refractivity contribution >= 4 is 5.91 Å². The molecule has 0 radical (unpaired) electrons. The molecule has 1 atom stereocenters. The van der Waals surface area contributed by atoms with Gasteiger partial charge in [0.1, 0.15) is 23.2 Å². The summed E-state index contributed by atoms with van der Waals surface area (Å²) in [7, 11) is 0. The minimum Gasteiger partial charge on any atom is -0.488 e. The van der Waals surface area contributed by atoms with Gasteiger partial charge in [0.2, 0.25) is 0 Å². The number of primary amides is 1. The molecule has 3 N–H and O–H groups in total. The summed E-state index contributed by atoms with van der Waals surface area (Å²) >= 11 is 0. The summed E-state index contributed by atoms with van der Waals surface area (Å²) in [5.74, 6) is -1.22. The van der Waals surface area contributed by atoms with E-state index in [1.807, 2.05) is 0 Å². The van der Waals surface area contributed by atoms with Gasteiger partial charge in [-0.3, -0.25) is 4.79 Å². The number of nitrogens with one attached hydrogen (secondary N) is 1. The van der Waals surface area contributed by atoms with Crippen molar-refractivity contribution in [3.05, 3.63) is 29.6 Å². The van der Waals surface area contributed by atoms with Crippen molar-refractivity contribution < 1.29 is 13.9 Å². The molecule has 0 spiro atoms. The van der Waals surface area contributed by atoms with Gasteiger partial charge in [0, 0.05) is 6.54 Å². The lowest BCUT2D eigenvalue weighted by Crippen LogP contribution is -2.37. The van der Waals surface area contributed by atoms with E-state index in [4.69, 9.17) is 10.5 Å². The number of nitrogens with two attached hydrogens (primary N) is 1. The van der Waals surface area contributed by atoms with Gasteiger partial charge in [-0.25, -0.2) is 4.39 Å². The Hall–Kier alpha value is -1.62. The van der Waals surface area contributed by atoms with Crippen LogP contribution in [0, 0.1) is 5.82 Å². The SMILES string of the molecule is NC(=O)c1c(F)cccc1O[C@H]1CCCNC1. The quantitative estimate of drug-likeness (QED) is 0.827. The van der Waals surface area contributed by atoms with Crippen LogP contribution in [0.1, 0.15) is 23.2 Å². The largest absolute Gasteiger partial charge is 0.488 e. The van der Waals surface area contributed by atoms with Crippen LogP contribution in [-0.2, 0) is 0 Å². The van der Waals surface area contributed by atoms with Crippen molar-refractivity contribution in [2.45, 2.75) is 18.9 Å². The lowest BCUT2D eigenvalue weighted by Gasteiger charge is -2.24. The second kappa shape index (κ2) is 5.14. The Bertz CT molecular complexity index is 417. The molecule has 1 amide bonds. The molecular weight excluding hydrogens is 223 g/mol. The third-order valence-electron chi connectivity index (χ3n) is 2.77. The van der Waals surface area contributed by atoms with Gasteiger partial charge in [0.25, 0.3) is 5.91 Å². The molecule has 1 heterocycles. The van der Waals surface area contributed by atoms with Gasteiger partial charge in [-0.2, -0.15) is 0 Å². The molecule has 1 aromatic carbocycles. The smallest absolute Gasteiger partial charge is 0.255 e. The van der Waals surface area contributed by atoms with Gasteiger partial charge in [-0.05, 0) is 31.5 Å². The molecule has 1 aliphatic heterocycles. The Balaban J connectivity index is 2.19. The van der Waals surface area contributed by atoms with E-state index in [1.165, 1.54) is 12.1 Å². The molecule has 1 aromatic rings. The number of carbonyl (C=O) groups excluding carboxylic acids is 1. The monoisotopic (exact) mass is 238 g/mol. The summed E-state index contributed by atoms with van der Waals surface area (Å²) in [4.78, 5) is 11.2. The maximum Gasteiger partial charge on any atom is 0.255 e. The van der Waals surface area contributed by atoms with Gasteiger partial charge < -0.3 is 15.8 Å². The van der Waals surface area contributed by atoms with Crippen molar-refractivity contribution in [2.24, 2.45) is 5.73 Å². The third-order valence-corrected chi connectivity index (χ3v) is 2.77. The van der Waals surface area contributed by atoms with Crippen LogP contribution in [0.15, 0.2) is 18.2 Å². The van der Waals surface area contributed by atoms with E-state index in [-0.39, 0.29) is 17.4 Å². The van der Waals surface area contributed by atoms with Crippen molar-refractivity contribution in [3.8, 4) is 5.75 Å². The van der Waals surface area contributed by atoms with E-state index < -0.39 is 11.7 Å². The predicted octanol–water partition coefficient (Wildman–Crippen LogP) is 1.06. The minimum absolute atomic E-state index is 0.0383.